The van der Waals surface area contributed by atoms with Crippen LogP contribution in [0, 0.1) is 12.3 Å². The van der Waals surface area contributed by atoms with Gasteiger partial charge in [0.15, 0.2) is 0 Å². The van der Waals surface area contributed by atoms with Crippen molar-refractivity contribution in [3.05, 3.63) is 16.2 Å². The van der Waals surface area contributed by atoms with Gasteiger partial charge in [-0.25, -0.2) is 4.98 Å². The second-order valence-corrected chi connectivity index (χ2v) is 6.17. The third-order valence-electron chi connectivity index (χ3n) is 3.80. The van der Waals surface area contributed by atoms with E-state index in [1.54, 1.807) is 6.20 Å². The van der Waals surface area contributed by atoms with Gasteiger partial charge in [-0.1, -0.05) is 19.8 Å². The van der Waals surface area contributed by atoms with E-state index in [4.69, 9.17) is 5.73 Å². The molecule has 1 fully saturated rings. The molecule has 0 saturated heterocycles. The van der Waals surface area contributed by atoms with Gasteiger partial charge in [-0.3, -0.25) is 0 Å². The van der Waals surface area contributed by atoms with Crippen molar-refractivity contribution in [2.24, 2.45) is 5.41 Å². The first kappa shape index (κ1) is 12.7. The van der Waals surface area contributed by atoms with Gasteiger partial charge in [0.2, 0.25) is 0 Å². The van der Waals surface area contributed by atoms with E-state index in [0.29, 0.717) is 5.41 Å². The molecular weight excluding hydrogens is 278 g/mol. The van der Waals surface area contributed by atoms with E-state index in [2.05, 4.69) is 33.2 Å². The van der Waals surface area contributed by atoms with Crippen LogP contribution in [-0.4, -0.2) is 11.5 Å². The smallest absolute Gasteiger partial charge is 0.140 e. The number of aromatic nitrogens is 1. The first-order chi connectivity index (χ1) is 8.02. The molecule has 0 aromatic carbocycles. The van der Waals surface area contributed by atoms with Crippen molar-refractivity contribution in [2.45, 2.75) is 39.5 Å². The van der Waals surface area contributed by atoms with Gasteiger partial charge in [0.25, 0.3) is 0 Å². The Balaban J connectivity index is 2.06. The van der Waals surface area contributed by atoms with Gasteiger partial charge in [-0.2, -0.15) is 0 Å². The summed E-state index contributed by atoms with van der Waals surface area (Å²) < 4.78 is 0.985. The molecule has 94 valence electrons. The lowest BCUT2D eigenvalue weighted by Crippen LogP contribution is -2.23. The van der Waals surface area contributed by atoms with E-state index >= 15 is 0 Å². The zero-order valence-electron chi connectivity index (χ0n) is 10.5. The molecule has 17 heavy (non-hydrogen) atoms. The quantitative estimate of drug-likeness (QED) is 0.894. The van der Waals surface area contributed by atoms with Crippen molar-refractivity contribution in [3.63, 3.8) is 0 Å². The Morgan fingerprint density at radius 1 is 1.47 bits per heavy atom. The highest BCUT2D eigenvalue weighted by atomic mass is 79.9. The van der Waals surface area contributed by atoms with Crippen LogP contribution in [0.25, 0.3) is 0 Å². The van der Waals surface area contributed by atoms with Crippen molar-refractivity contribution in [1.82, 2.24) is 4.98 Å². The maximum atomic E-state index is 5.81. The minimum absolute atomic E-state index is 0.427. The lowest BCUT2D eigenvalue weighted by atomic mass is 9.89. The molecule has 1 saturated carbocycles. The molecule has 4 heteroatoms. The summed E-state index contributed by atoms with van der Waals surface area (Å²) >= 11 is 3.55. The number of halogens is 1. The average Bonchev–Trinajstić information content (AvgIpc) is 2.73. The molecule has 1 aliphatic carbocycles. The summed E-state index contributed by atoms with van der Waals surface area (Å²) in [6.45, 7) is 5.34. The molecule has 0 spiro atoms. The van der Waals surface area contributed by atoms with E-state index < -0.39 is 0 Å². The van der Waals surface area contributed by atoms with Gasteiger partial charge < -0.3 is 11.1 Å². The van der Waals surface area contributed by atoms with Crippen molar-refractivity contribution < 1.29 is 0 Å². The summed E-state index contributed by atoms with van der Waals surface area (Å²) in [5, 5.41) is 3.45. The molecule has 0 aliphatic heterocycles. The standard InChI is InChI=1S/C13H20BrN3/c1-9-10(15)7-16-12(11(9)14)17-8-13(2)5-3-4-6-13/h7H,3-6,8,15H2,1-2H3,(H,16,17). The van der Waals surface area contributed by atoms with Crippen LogP contribution in [0.2, 0.25) is 0 Å². The summed E-state index contributed by atoms with van der Waals surface area (Å²) in [7, 11) is 0. The molecule has 1 aromatic rings. The fourth-order valence-electron chi connectivity index (χ4n) is 2.42. The van der Waals surface area contributed by atoms with Crippen LogP contribution in [0.15, 0.2) is 10.7 Å². The number of hydrogen-bond donors (Lipinski definition) is 2. The normalized spacial score (nSPS) is 18.3. The molecule has 1 heterocycles. The molecule has 0 radical (unpaired) electrons. The van der Waals surface area contributed by atoms with Gasteiger partial charge in [0.05, 0.1) is 16.4 Å². The zero-order valence-corrected chi connectivity index (χ0v) is 12.1. The Morgan fingerprint density at radius 3 is 2.76 bits per heavy atom. The predicted octanol–water partition coefficient (Wildman–Crippen LogP) is 3.73. The molecule has 1 aromatic heterocycles. The molecular formula is C13H20BrN3. The largest absolute Gasteiger partial charge is 0.397 e. The molecule has 0 unspecified atom stereocenters. The summed E-state index contributed by atoms with van der Waals surface area (Å²) in [6, 6.07) is 0. The first-order valence-electron chi connectivity index (χ1n) is 6.16. The Hall–Kier alpha value is -0.770. The summed E-state index contributed by atoms with van der Waals surface area (Å²) in [5.74, 6) is 0.907. The number of rotatable bonds is 3. The lowest BCUT2D eigenvalue weighted by Gasteiger charge is -2.24. The summed E-state index contributed by atoms with van der Waals surface area (Å²) in [5.41, 5.74) is 8.03. The van der Waals surface area contributed by atoms with Gasteiger partial charge in [0.1, 0.15) is 5.82 Å². The molecule has 2 rings (SSSR count). The second-order valence-electron chi connectivity index (χ2n) is 5.37. The molecule has 3 nitrogen and oxygen atoms in total. The number of nitrogen functional groups attached to an aromatic ring is 1. The van der Waals surface area contributed by atoms with Crippen LogP contribution >= 0.6 is 15.9 Å². The highest BCUT2D eigenvalue weighted by molar-refractivity contribution is 9.10. The Morgan fingerprint density at radius 2 is 2.12 bits per heavy atom. The predicted molar refractivity (Wildman–Crippen MR) is 76.2 cm³/mol. The number of pyridine rings is 1. The minimum atomic E-state index is 0.427. The Bertz CT molecular complexity index is 411. The fourth-order valence-corrected chi connectivity index (χ4v) is 2.89. The highest BCUT2D eigenvalue weighted by Gasteiger charge is 2.28. The molecule has 0 amide bonds. The number of nitrogens with one attached hydrogen (secondary N) is 1. The number of anilines is 2. The van der Waals surface area contributed by atoms with E-state index in [-0.39, 0.29) is 0 Å². The first-order valence-corrected chi connectivity index (χ1v) is 6.96. The average molecular weight is 298 g/mol. The number of hydrogen-bond acceptors (Lipinski definition) is 3. The number of nitrogens with zero attached hydrogens (tertiary/aromatic N) is 1. The monoisotopic (exact) mass is 297 g/mol. The molecule has 1 aliphatic rings. The van der Waals surface area contributed by atoms with Crippen LogP contribution in [0.3, 0.4) is 0 Å². The Kier molecular flexibility index (Phi) is 3.61. The zero-order chi connectivity index (χ0) is 12.5. The number of nitrogens with two attached hydrogens (primary N) is 1. The van der Waals surface area contributed by atoms with Crippen LogP contribution in [0.4, 0.5) is 11.5 Å². The molecule has 3 N–H and O–H groups in total. The van der Waals surface area contributed by atoms with Gasteiger partial charge in [-0.05, 0) is 46.7 Å². The van der Waals surface area contributed by atoms with Crippen molar-refractivity contribution in [1.29, 1.82) is 0 Å². The van der Waals surface area contributed by atoms with Crippen LogP contribution in [0.5, 0.6) is 0 Å². The molecule has 0 atom stereocenters. The summed E-state index contributed by atoms with van der Waals surface area (Å²) in [6.07, 6.45) is 7.05. The van der Waals surface area contributed by atoms with E-state index in [1.807, 2.05) is 6.92 Å². The third-order valence-corrected chi connectivity index (χ3v) is 4.77. The fraction of sp³-hybridized carbons (Fsp3) is 0.615. The summed E-state index contributed by atoms with van der Waals surface area (Å²) in [4.78, 5) is 4.35. The van der Waals surface area contributed by atoms with Crippen molar-refractivity contribution >= 4 is 27.4 Å². The van der Waals surface area contributed by atoms with E-state index in [9.17, 15) is 0 Å². The Labute approximate surface area is 111 Å². The second kappa shape index (κ2) is 4.84. The topological polar surface area (TPSA) is 50.9 Å². The van der Waals surface area contributed by atoms with Gasteiger partial charge in [0, 0.05) is 6.54 Å². The minimum Gasteiger partial charge on any atom is -0.397 e. The van der Waals surface area contributed by atoms with Crippen LogP contribution in [0.1, 0.15) is 38.2 Å². The van der Waals surface area contributed by atoms with Crippen molar-refractivity contribution in [3.8, 4) is 0 Å². The highest BCUT2D eigenvalue weighted by Crippen LogP contribution is 2.38. The van der Waals surface area contributed by atoms with E-state index in [0.717, 1.165) is 28.1 Å². The maximum Gasteiger partial charge on any atom is 0.140 e. The van der Waals surface area contributed by atoms with Crippen molar-refractivity contribution in [2.75, 3.05) is 17.6 Å². The van der Waals surface area contributed by atoms with Crippen LogP contribution < -0.4 is 11.1 Å². The molecule has 0 bridgehead atoms. The third kappa shape index (κ3) is 2.73. The van der Waals surface area contributed by atoms with Crippen LogP contribution in [-0.2, 0) is 0 Å². The SMILES string of the molecule is Cc1c(N)cnc(NCC2(C)CCCC2)c1Br. The van der Waals surface area contributed by atoms with Gasteiger partial charge >= 0.3 is 0 Å². The van der Waals surface area contributed by atoms with E-state index in [1.165, 1.54) is 25.7 Å². The lowest BCUT2D eigenvalue weighted by molar-refractivity contribution is 0.361. The van der Waals surface area contributed by atoms with Gasteiger partial charge in [-0.15, -0.1) is 0 Å². The maximum absolute atomic E-state index is 5.81.